The van der Waals surface area contributed by atoms with E-state index in [1.807, 2.05) is 0 Å². The number of hydrogen-bond donors (Lipinski definition) is 1. The van der Waals surface area contributed by atoms with E-state index in [0.717, 1.165) is 19.5 Å². The Morgan fingerprint density at radius 2 is 2.12 bits per heavy atom. The maximum absolute atomic E-state index is 13.2. The summed E-state index contributed by atoms with van der Waals surface area (Å²) in [5.74, 6) is -0.353. The van der Waals surface area contributed by atoms with E-state index in [-0.39, 0.29) is 17.6 Å². The SMILES string of the molecule is C=C(c1ccc(F)cc1)c1nc(C(=O)OC)cnc1N[C@@H]1CCN(C)C1. The Morgan fingerprint density at radius 3 is 2.73 bits per heavy atom. The third kappa shape index (κ3) is 3.88. The predicted octanol–water partition coefficient (Wildman–Crippen LogP) is 2.58. The zero-order chi connectivity index (χ0) is 18.7. The lowest BCUT2D eigenvalue weighted by Gasteiger charge is -2.17. The van der Waals surface area contributed by atoms with E-state index >= 15 is 0 Å². The van der Waals surface area contributed by atoms with Gasteiger partial charge < -0.3 is 15.0 Å². The number of hydrogen-bond acceptors (Lipinski definition) is 6. The van der Waals surface area contributed by atoms with Gasteiger partial charge in [-0.3, -0.25) is 0 Å². The van der Waals surface area contributed by atoms with Crippen LogP contribution in [0.1, 0.15) is 28.2 Å². The van der Waals surface area contributed by atoms with E-state index in [4.69, 9.17) is 4.74 Å². The average molecular weight is 356 g/mol. The van der Waals surface area contributed by atoms with Crippen LogP contribution in [0.3, 0.4) is 0 Å². The van der Waals surface area contributed by atoms with Crippen molar-refractivity contribution in [3.63, 3.8) is 0 Å². The number of likely N-dealkylation sites (N-methyl/N-ethyl adjacent to an activating group) is 1. The minimum Gasteiger partial charge on any atom is -0.464 e. The van der Waals surface area contributed by atoms with Gasteiger partial charge in [0.1, 0.15) is 11.5 Å². The highest BCUT2D eigenvalue weighted by Crippen LogP contribution is 2.27. The molecule has 26 heavy (non-hydrogen) atoms. The highest BCUT2D eigenvalue weighted by atomic mass is 19.1. The molecule has 7 heteroatoms. The van der Waals surface area contributed by atoms with E-state index in [1.54, 1.807) is 12.1 Å². The summed E-state index contributed by atoms with van der Waals surface area (Å²) in [7, 11) is 3.35. The maximum Gasteiger partial charge on any atom is 0.358 e. The van der Waals surface area contributed by atoms with Crippen molar-refractivity contribution in [2.75, 3.05) is 32.6 Å². The number of esters is 1. The van der Waals surface area contributed by atoms with Gasteiger partial charge in [-0.15, -0.1) is 0 Å². The zero-order valence-electron chi connectivity index (χ0n) is 14.8. The second kappa shape index (κ2) is 7.61. The van der Waals surface area contributed by atoms with Crippen LogP contribution in [0.25, 0.3) is 5.57 Å². The van der Waals surface area contributed by atoms with E-state index in [1.165, 1.54) is 25.4 Å². The number of benzene rings is 1. The van der Waals surface area contributed by atoms with Crippen molar-refractivity contribution in [2.24, 2.45) is 0 Å². The summed E-state index contributed by atoms with van der Waals surface area (Å²) in [5.41, 5.74) is 1.81. The molecule has 0 spiro atoms. The van der Waals surface area contributed by atoms with Gasteiger partial charge in [-0.1, -0.05) is 18.7 Å². The van der Waals surface area contributed by atoms with Crippen molar-refractivity contribution in [3.05, 3.63) is 59.8 Å². The van der Waals surface area contributed by atoms with Crippen LogP contribution in [-0.4, -0.2) is 54.1 Å². The van der Waals surface area contributed by atoms with Crippen LogP contribution in [0.4, 0.5) is 10.2 Å². The molecule has 1 atom stereocenters. The Labute approximate surface area is 151 Å². The number of ether oxygens (including phenoxy) is 1. The zero-order valence-corrected chi connectivity index (χ0v) is 14.8. The summed E-state index contributed by atoms with van der Waals surface area (Å²) in [6, 6.07) is 6.20. The van der Waals surface area contributed by atoms with E-state index in [2.05, 4.69) is 33.8 Å². The van der Waals surface area contributed by atoms with Gasteiger partial charge in [-0.25, -0.2) is 19.2 Å². The molecular formula is C19H21FN4O2. The van der Waals surface area contributed by atoms with Crippen molar-refractivity contribution in [1.29, 1.82) is 0 Å². The molecule has 1 fully saturated rings. The molecule has 0 radical (unpaired) electrons. The summed E-state index contributed by atoms with van der Waals surface area (Å²) in [4.78, 5) is 22.8. The molecule has 1 N–H and O–H groups in total. The summed E-state index contributed by atoms with van der Waals surface area (Å²) in [6.07, 6.45) is 2.37. The number of anilines is 1. The second-order valence-corrected chi connectivity index (χ2v) is 6.32. The number of rotatable bonds is 5. The number of likely N-dealkylation sites (tertiary alicyclic amines) is 1. The molecular weight excluding hydrogens is 335 g/mol. The molecule has 0 saturated carbocycles. The Balaban J connectivity index is 1.96. The van der Waals surface area contributed by atoms with Gasteiger partial charge in [0.2, 0.25) is 0 Å². The highest BCUT2D eigenvalue weighted by molar-refractivity contribution is 5.89. The standard InChI is InChI=1S/C19H21FN4O2/c1-12(13-4-6-14(20)7-5-13)17-18(22-15-8-9-24(2)11-15)21-10-16(23-17)19(25)26-3/h4-7,10,15H,1,8-9,11H2,2-3H3,(H,21,22)/t15-/m1/s1. The van der Waals surface area contributed by atoms with Gasteiger partial charge in [0.15, 0.2) is 11.5 Å². The molecule has 1 aliphatic rings. The first-order chi connectivity index (χ1) is 12.5. The molecule has 1 aliphatic heterocycles. The van der Waals surface area contributed by atoms with Crippen LogP contribution in [0.2, 0.25) is 0 Å². The Kier molecular flexibility index (Phi) is 5.27. The van der Waals surface area contributed by atoms with E-state index in [0.29, 0.717) is 22.6 Å². The number of carbonyl (C=O) groups is 1. The number of nitrogens with one attached hydrogen (secondary N) is 1. The molecule has 0 aliphatic carbocycles. The second-order valence-electron chi connectivity index (χ2n) is 6.32. The minimum absolute atomic E-state index is 0.0971. The molecule has 2 aromatic rings. The monoisotopic (exact) mass is 356 g/mol. The topological polar surface area (TPSA) is 67.3 Å². The Bertz CT molecular complexity index is 823. The molecule has 0 amide bonds. The molecule has 0 bridgehead atoms. The van der Waals surface area contributed by atoms with Crippen LogP contribution in [0.5, 0.6) is 0 Å². The highest BCUT2D eigenvalue weighted by Gasteiger charge is 2.23. The first-order valence-corrected chi connectivity index (χ1v) is 8.33. The summed E-state index contributed by atoms with van der Waals surface area (Å²) >= 11 is 0. The lowest BCUT2D eigenvalue weighted by atomic mass is 10.0. The molecule has 3 rings (SSSR count). The molecule has 0 unspecified atom stereocenters. The van der Waals surface area contributed by atoms with Crippen LogP contribution < -0.4 is 5.32 Å². The third-order valence-corrected chi connectivity index (χ3v) is 4.38. The van der Waals surface area contributed by atoms with Crippen molar-refractivity contribution < 1.29 is 13.9 Å². The van der Waals surface area contributed by atoms with Gasteiger partial charge in [-0.2, -0.15) is 0 Å². The van der Waals surface area contributed by atoms with Crippen LogP contribution in [0, 0.1) is 5.82 Å². The predicted molar refractivity (Wildman–Crippen MR) is 97.4 cm³/mol. The Morgan fingerprint density at radius 1 is 1.38 bits per heavy atom. The van der Waals surface area contributed by atoms with Gasteiger partial charge in [0.05, 0.1) is 13.3 Å². The smallest absolute Gasteiger partial charge is 0.358 e. The van der Waals surface area contributed by atoms with Gasteiger partial charge in [0.25, 0.3) is 0 Å². The maximum atomic E-state index is 13.2. The lowest BCUT2D eigenvalue weighted by molar-refractivity contribution is 0.0593. The van der Waals surface area contributed by atoms with Crippen LogP contribution in [-0.2, 0) is 4.74 Å². The third-order valence-electron chi connectivity index (χ3n) is 4.38. The Hall–Kier alpha value is -2.80. The van der Waals surface area contributed by atoms with Gasteiger partial charge in [0, 0.05) is 18.2 Å². The van der Waals surface area contributed by atoms with Crippen LogP contribution >= 0.6 is 0 Å². The van der Waals surface area contributed by atoms with Gasteiger partial charge in [-0.05, 0) is 37.7 Å². The first-order valence-electron chi connectivity index (χ1n) is 8.33. The molecule has 1 saturated heterocycles. The largest absolute Gasteiger partial charge is 0.464 e. The number of halogens is 1. The van der Waals surface area contributed by atoms with Crippen LogP contribution in [0.15, 0.2) is 37.0 Å². The number of carbonyl (C=O) groups excluding carboxylic acids is 1. The molecule has 1 aromatic heterocycles. The fourth-order valence-corrected chi connectivity index (χ4v) is 2.94. The number of aromatic nitrogens is 2. The van der Waals surface area contributed by atoms with Crippen molar-refractivity contribution in [2.45, 2.75) is 12.5 Å². The minimum atomic E-state index is -0.571. The normalized spacial score (nSPS) is 17.1. The van der Waals surface area contributed by atoms with Crippen molar-refractivity contribution >= 4 is 17.4 Å². The van der Waals surface area contributed by atoms with E-state index in [9.17, 15) is 9.18 Å². The average Bonchev–Trinajstić information content (AvgIpc) is 3.06. The molecule has 6 nitrogen and oxygen atoms in total. The number of nitrogens with zero attached hydrogens (tertiary/aromatic N) is 3. The molecule has 136 valence electrons. The summed E-state index contributed by atoms with van der Waals surface area (Å²) < 4.78 is 18.0. The van der Waals surface area contributed by atoms with Crippen molar-refractivity contribution in [3.8, 4) is 0 Å². The fraction of sp³-hybridized carbons (Fsp3) is 0.316. The quantitative estimate of drug-likeness (QED) is 0.831. The first kappa shape index (κ1) is 18.0. The van der Waals surface area contributed by atoms with Crippen molar-refractivity contribution in [1.82, 2.24) is 14.9 Å². The van der Waals surface area contributed by atoms with E-state index < -0.39 is 5.97 Å². The van der Waals surface area contributed by atoms with Gasteiger partial charge >= 0.3 is 5.97 Å². The molecule has 2 heterocycles. The fourth-order valence-electron chi connectivity index (χ4n) is 2.94. The summed E-state index contributed by atoms with van der Waals surface area (Å²) in [5, 5.41) is 3.38. The molecule has 1 aromatic carbocycles. The summed E-state index contributed by atoms with van der Waals surface area (Å²) in [6.45, 7) is 5.97. The lowest BCUT2D eigenvalue weighted by Crippen LogP contribution is -2.25. The number of methoxy groups -OCH3 is 1.